The van der Waals surface area contributed by atoms with E-state index in [9.17, 15) is 0 Å². The fourth-order valence-electron chi connectivity index (χ4n) is 9.20. The van der Waals surface area contributed by atoms with Crippen LogP contribution in [-0.2, 0) is 0 Å². The van der Waals surface area contributed by atoms with Crippen molar-refractivity contribution < 1.29 is 0 Å². The molecule has 0 fully saturated rings. The van der Waals surface area contributed by atoms with Crippen LogP contribution in [0, 0.1) is 0 Å². The monoisotopic (exact) mass is 684 g/mol. The molecule has 0 saturated carbocycles. The van der Waals surface area contributed by atoms with Gasteiger partial charge in [0.25, 0.3) is 0 Å². The van der Waals surface area contributed by atoms with Crippen LogP contribution in [-0.4, -0.2) is 9.13 Å². The largest absolute Gasteiger partial charge is 0.309 e. The maximum atomic E-state index is 2.45. The van der Waals surface area contributed by atoms with Crippen molar-refractivity contribution in [3.8, 4) is 22.5 Å². The number of fused-ring (bicyclic) bond motifs is 12. The van der Waals surface area contributed by atoms with Crippen LogP contribution in [0.4, 0.5) is 0 Å². The Hall–Kier alpha value is -7.16. The van der Waals surface area contributed by atoms with Gasteiger partial charge in [-0.1, -0.05) is 140 Å². The number of nitrogens with zero attached hydrogens (tertiary/aromatic N) is 2. The van der Waals surface area contributed by atoms with E-state index in [1.54, 1.807) is 0 Å². The average Bonchev–Trinajstić information content (AvgIpc) is 3.76. The zero-order valence-electron chi connectivity index (χ0n) is 29.4. The third-order valence-corrected chi connectivity index (χ3v) is 11.6. The van der Waals surface area contributed by atoms with Crippen LogP contribution in [0.15, 0.2) is 194 Å². The topological polar surface area (TPSA) is 9.86 Å². The van der Waals surface area contributed by atoms with Gasteiger partial charge >= 0.3 is 0 Å². The molecule has 54 heavy (non-hydrogen) atoms. The maximum Gasteiger partial charge on any atom is 0.0547 e. The Balaban J connectivity index is 1.05. The molecule has 2 aromatic heterocycles. The Bertz CT molecular complexity index is 3500. The molecule has 0 aliphatic carbocycles. The molecule has 12 rings (SSSR count). The number of hydrogen-bond acceptors (Lipinski definition) is 0. The average molecular weight is 685 g/mol. The van der Waals surface area contributed by atoms with Gasteiger partial charge in [0.1, 0.15) is 0 Å². The lowest BCUT2D eigenvalue weighted by atomic mass is 9.95. The van der Waals surface area contributed by atoms with Gasteiger partial charge in [-0.25, -0.2) is 0 Å². The molecule has 0 aliphatic heterocycles. The molecule has 0 radical (unpaired) electrons. The molecule has 2 nitrogen and oxygen atoms in total. The van der Waals surface area contributed by atoms with Crippen LogP contribution in [0.1, 0.15) is 0 Å². The Morgan fingerprint density at radius 3 is 1.65 bits per heavy atom. The third kappa shape index (κ3) is 4.17. The number of para-hydroxylation sites is 2. The minimum atomic E-state index is 1.18. The summed E-state index contributed by atoms with van der Waals surface area (Å²) in [6.45, 7) is 0. The van der Waals surface area contributed by atoms with E-state index >= 15 is 0 Å². The van der Waals surface area contributed by atoms with Crippen LogP contribution >= 0.6 is 0 Å². The molecule has 0 bridgehead atoms. The molecule has 0 spiro atoms. The molecule has 0 aliphatic rings. The first kappa shape index (κ1) is 29.4. The summed E-state index contributed by atoms with van der Waals surface area (Å²) in [4.78, 5) is 0. The molecule has 0 amide bonds. The van der Waals surface area contributed by atoms with E-state index in [-0.39, 0.29) is 0 Å². The van der Waals surface area contributed by atoms with Crippen molar-refractivity contribution in [2.45, 2.75) is 0 Å². The standard InChI is InChI=1S/C52H32N2/c1-2-12-36-31-40(26-22-33(36)10-1)53-47-17-7-5-15-43(47)51-42-27-23-37(30-39(42)25-29-49(51)53)38-21-20-35-24-28-50-52(45(35)32-38)44-16-6-8-18-48(44)54(50)46-19-9-13-34-11-3-4-14-41(34)46/h1-32H. The molecule has 0 atom stereocenters. The molecular formula is C52H32N2. The van der Waals surface area contributed by atoms with Crippen LogP contribution in [0.25, 0.3) is 109 Å². The highest BCUT2D eigenvalue weighted by Gasteiger charge is 2.18. The molecule has 2 heterocycles. The van der Waals surface area contributed by atoms with E-state index in [4.69, 9.17) is 0 Å². The lowest BCUT2D eigenvalue weighted by Gasteiger charge is -2.12. The van der Waals surface area contributed by atoms with Gasteiger partial charge in [-0.2, -0.15) is 0 Å². The molecule has 0 saturated heterocycles. The van der Waals surface area contributed by atoms with E-state index in [2.05, 4.69) is 203 Å². The number of benzene rings is 10. The first-order valence-corrected chi connectivity index (χ1v) is 18.7. The maximum absolute atomic E-state index is 2.45. The smallest absolute Gasteiger partial charge is 0.0547 e. The predicted molar refractivity (Wildman–Crippen MR) is 231 cm³/mol. The van der Waals surface area contributed by atoms with Gasteiger partial charge in [0.2, 0.25) is 0 Å². The number of rotatable bonds is 3. The molecule has 0 unspecified atom stereocenters. The van der Waals surface area contributed by atoms with Crippen molar-refractivity contribution >= 4 is 86.7 Å². The van der Waals surface area contributed by atoms with E-state index in [0.717, 1.165) is 0 Å². The highest BCUT2D eigenvalue weighted by Crippen LogP contribution is 2.42. The Morgan fingerprint density at radius 1 is 0.259 bits per heavy atom. The van der Waals surface area contributed by atoms with Crippen LogP contribution in [0.2, 0.25) is 0 Å². The lowest BCUT2D eigenvalue weighted by molar-refractivity contribution is 1.19. The summed E-state index contributed by atoms with van der Waals surface area (Å²) >= 11 is 0. The lowest BCUT2D eigenvalue weighted by Crippen LogP contribution is -1.95. The van der Waals surface area contributed by atoms with E-state index in [1.165, 1.54) is 109 Å². The normalized spacial score (nSPS) is 12.1. The van der Waals surface area contributed by atoms with Crippen molar-refractivity contribution in [1.29, 1.82) is 0 Å². The van der Waals surface area contributed by atoms with E-state index in [0.29, 0.717) is 0 Å². The van der Waals surface area contributed by atoms with Gasteiger partial charge in [0.15, 0.2) is 0 Å². The van der Waals surface area contributed by atoms with Gasteiger partial charge in [-0.05, 0) is 103 Å². The van der Waals surface area contributed by atoms with Gasteiger partial charge < -0.3 is 9.13 Å². The molecule has 250 valence electrons. The second-order valence-electron chi connectivity index (χ2n) is 14.5. The van der Waals surface area contributed by atoms with E-state index in [1.807, 2.05) is 0 Å². The van der Waals surface area contributed by atoms with Crippen LogP contribution in [0.5, 0.6) is 0 Å². The molecule has 10 aromatic carbocycles. The number of hydrogen-bond donors (Lipinski definition) is 0. The third-order valence-electron chi connectivity index (χ3n) is 11.6. The summed E-state index contributed by atoms with van der Waals surface area (Å²) in [6.07, 6.45) is 0. The fourth-order valence-corrected chi connectivity index (χ4v) is 9.20. The summed E-state index contributed by atoms with van der Waals surface area (Å²) in [7, 11) is 0. The summed E-state index contributed by atoms with van der Waals surface area (Å²) in [5, 5.41) is 15.2. The summed E-state index contributed by atoms with van der Waals surface area (Å²) in [6, 6.07) is 71.6. The zero-order valence-corrected chi connectivity index (χ0v) is 29.4. The predicted octanol–water partition coefficient (Wildman–Crippen LogP) is 14.2. The van der Waals surface area contributed by atoms with E-state index < -0.39 is 0 Å². The molecular weight excluding hydrogens is 653 g/mol. The highest BCUT2D eigenvalue weighted by molar-refractivity contribution is 6.23. The van der Waals surface area contributed by atoms with Crippen molar-refractivity contribution in [2.24, 2.45) is 0 Å². The fraction of sp³-hybridized carbons (Fsp3) is 0. The molecule has 12 aromatic rings. The summed E-state index contributed by atoms with van der Waals surface area (Å²) in [5.41, 5.74) is 9.72. The van der Waals surface area contributed by atoms with Crippen molar-refractivity contribution in [2.75, 3.05) is 0 Å². The van der Waals surface area contributed by atoms with Crippen LogP contribution < -0.4 is 0 Å². The van der Waals surface area contributed by atoms with Gasteiger partial charge in [0, 0.05) is 32.6 Å². The Kier molecular flexibility index (Phi) is 6.09. The van der Waals surface area contributed by atoms with Crippen molar-refractivity contribution in [1.82, 2.24) is 9.13 Å². The molecule has 0 N–H and O–H groups in total. The van der Waals surface area contributed by atoms with Gasteiger partial charge in [-0.15, -0.1) is 0 Å². The van der Waals surface area contributed by atoms with Gasteiger partial charge in [-0.3, -0.25) is 0 Å². The zero-order chi connectivity index (χ0) is 35.3. The minimum Gasteiger partial charge on any atom is -0.309 e. The highest BCUT2D eigenvalue weighted by atomic mass is 15.0. The van der Waals surface area contributed by atoms with Crippen LogP contribution in [0.3, 0.4) is 0 Å². The first-order valence-electron chi connectivity index (χ1n) is 18.7. The second-order valence-corrected chi connectivity index (χ2v) is 14.5. The quantitative estimate of drug-likeness (QED) is 0.175. The minimum absolute atomic E-state index is 1.18. The van der Waals surface area contributed by atoms with Crippen molar-refractivity contribution in [3.63, 3.8) is 0 Å². The van der Waals surface area contributed by atoms with Crippen molar-refractivity contribution in [3.05, 3.63) is 194 Å². The first-order chi connectivity index (χ1) is 26.8. The second kappa shape index (κ2) is 11.2. The number of aromatic nitrogens is 2. The summed E-state index contributed by atoms with van der Waals surface area (Å²) in [5.74, 6) is 0. The SMILES string of the molecule is c1ccc2cc(-n3c4ccccc4c4c5ccc(-c6ccc7ccc8c(c7c6)c6ccccc6n8-c6cccc7ccccc67)cc5ccc43)ccc2c1. The Morgan fingerprint density at radius 2 is 0.815 bits per heavy atom. The Labute approximate surface area is 311 Å². The summed E-state index contributed by atoms with van der Waals surface area (Å²) < 4.78 is 4.88. The molecule has 2 heteroatoms. The van der Waals surface area contributed by atoms with Gasteiger partial charge in [0.05, 0.1) is 27.8 Å².